The molecule has 0 radical (unpaired) electrons. The lowest BCUT2D eigenvalue weighted by atomic mass is 9.89. The van der Waals surface area contributed by atoms with Crippen molar-refractivity contribution in [3.63, 3.8) is 0 Å². The van der Waals surface area contributed by atoms with Crippen LogP contribution in [-0.2, 0) is 0 Å². The van der Waals surface area contributed by atoms with Crippen LogP contribution in [0, 0.1) is 31.6 Å². The Morgan fingerprint density at radius 2 is 2.06 bits per heavy atom. The van der Waals surface area contributed by atoms with Gasteiger partial charge in [0.1, 0.15) is 0 Å². The minimum atomic E-state index is 0.939. The Kier molecular flexibility index (Phi) is 2.85. The van der Waals surface area contributed by atoms with E-state index in [1.807, 2.05) is 0 Å². The van der Waals surface area contributed by atoms with E-state index in [1.165, 1.54) is 49.0 Å². The molecule has 1 aromatic carbocycles. The molecular formula is C16H23N. The van der Waals surface area contributed by atoms with Crippen LogP contribution in [0.3, 0.4) is 0 Å². The minimum absolute atomic E-state index is 0.939. The van der Waals surface area contributed by atoms with E-state index in [-0.39, 0.29) is 0 Å². The van der Waals surface area contributed by atoms with Crippen molar-refractivity contribution in [3.8, 4) is 0 Å². The van der Waals surface area contributed by atoms with Gasteiger partial charge in [-0.25, -0.2) is 0 Å². The monoisotopic (exact) mass is 229 g/mol. The Morgan fingerprint density at radius 1 is 1.18 bits per heavy atom. The van der Waals surface area contributed by atoms with Crippen LogP contribution in [0.15, 0.2) is 18.2 Å². The molecule has 0 aromatic heterocycles. The SMILES string of the molecule is Cc1ccc(C)c(NCC2CC3CCC2C3)c1. The maximum Gasteiger partial charge on any atom is 0.0372 e. The maximum atomic E-state index is 3.68. The second kappa shape index (κ2) is 4.36. The molecule has 1 N–H and O–H groups in total. The second-order valence-electron chi connectivity index (χ2n) is 6.13. The lowest BCUT2D eigenvalue weighted by Gasteiger charge is -2.23. The van der Waals surface area contributed by atoms with E-state index in [4.69, 9.17) is 0 Å². The number of rotatable bonds is 3. The molecule has 2 aliphatic carbocycles. The largest absolute Gasteiger partial charge is 0.385 e. The molecule has 2 fully saturated rings. The first kappa shape index (κ1) is 11.1. The van der Waals surface area contributed by atoms with Crippen LogP contribution in [0.4, 0.5) is 5.69 Å². The molecule has 3 rings (SSSR count). The van der Waals surface area contributed by atoms with Gasteiger partial charge in [-0.05, 0) is 68.1 Å². The zero-order valence-electron chi connectivity index (χ0n) is 11.0. The number of aryl methyl sites for hydroxylation is 2. The molecule has 2 bridgehead atoms. The predicted octanol–water partition coefficient (Wildman–Crippen LogP) is 4.15. The van der Waals surface area contributed by atoms with Gasteiger partial charge in [0, 0.05) is 12.2 Å². The molecule has 0 amide bonds. The fourth-order valence-electron chi connectivity index (χ4n) is 3.79. The molecule has 0 aliphatic heterocycles. The number of nitrogens with one attached hydrogen (secondary N) is 1. The second-order valence-corrected chi connectivity index (χ2v) is 6.13. The lowest BCUT2D eigenvalue weighted by Crippen LogP contribution is -2.20. The van der Waals surface area contributed by atoms with Gasteiger partial charge in [-0.1, -0.05) is 18.6 Å². The molecule has 0 spiro atoms. The highest BCUT2D eigenvalue weighted by Gasteiger charge is 2.38. The molecule has 92 valence electrons. The third-order valence-corrected chi connectivity index (χ3v) is 4.83. The Morgan fingerprint density at radius 3 is 2.76 bits per heavy atom. The maximum absolute atomic E-state index is 3.68. The first-order valence-electron chi connectivity index (χ1n) is 7.03. The highest BCUT2D eigenvalue weighted by atomic mass is 14.9. The van der Waals surface area contributed by atoms with Crippen molar-refractivity contribution in [2.24, 2.45) is 17.8 Å². The first-order chi connectivity index (χ1) is 8.22. The highest BCUT2D eigenvalue weighted by molar-refractivity contribution is 5.52. The van der Waals surface area contributed by atoms with Gasteiger partial charge in [-0.3, -0.25) is 0 Å². The summed E-state index contributed by atoms with van der Waals surface area (Å²) in [5.74, 6) is 3.02. The Balaban J connectivity index is 1.62. The summed E-state index contributed by atoms with van der Waals surface area (Å²) in [6, 6.07) is 6.69. The zero-order valence-corrected chi connectivity index (χ0v) is 11.0. The van der Waals surface area contributed by atoms with Gasteiger partial charge in [-0.2, -0.15) is 0 Å². The van der Waals surface area contributed by atoms with Crippen LogP contribution >= 0.6 is 0 Å². The van der Waals surface area contributed by atoms with Gasteiger partial charge in [0.25, 0.3) is 0 Å². The normalized spacial score (nSPS) is 30.8. The minimum Gasteiger partial charge on any atom is -0.385 e. The van der Waals surface area contributed by atoms with Gasteiger partial charge in [0.05, 0.1) is 0 Å². The lowest BCUT2D eigenvalue weighted by molar-refractivity contribution is 0.348. The molecule has 3 atom stereocenters. The van der Waals surface area contributed by atoms with E-state index in [0.29, 0.717) is 0 Å². The van der Waals surface area contributed by atoms with Crippen molar-refractivity contribution in [2.45, 2.75) is 39.5 Å². The van der Waals surface area contributed by atoms with Crippen molar-refractivity contribution in [3.05, 3.63) is 29.3 Å². The van der Waals surface area contributed by atoms with Crippen LogP contribution in [0.25, 0.3) is 0 Å². The summed E-state index contributed by atoms with van der Waals surface area (Å²) in [6.45, 7) is 5.55. The fourth-order valence-corrected chi connectivity index (χ4v) is 3.79. The predicted molar refractivity (Wildman–Crippen MR) is 73.3 cm³/mol. The Labute approximate surface area is 105 Å². The summed E-state index contributed by atoms with van der Waals surface area (Å²) < 4.78 is 0. The third kappa shape index (κ3) is 2.20. The van der Waals surface area contributed by atoms with Crippen molar-refractivity contribution in [1.29, 1.82) is 0 Å². The summed E-state index contributed by atoms with van der Waals surface area (Å²) >= 11 is 0. The number of fused-ring (bicyclic) bond motifs is 2. The number of anilines is 1. The molecule has 0 saturated heterocycles. The van der Waals surface area contributed by atoms with Crippen molar-refractivity contribution in [1.82, 2.24) is 0 Å². The summed E-state index contributed by atoms with van der Waals surface area (Å²) in [7, 11) is 0. The molecule has 1 nitrogen and oxygen atoms in total. The van der Waals surface area contributed by atoms with E-state index in [9.17, 15) is 0 Å². The highest BCUT2D eigenvalue weighted by Crippen LogP contribution is 2.48. The van der Waals surface area contributed by atoms with Gasteiger partial charge < -0.3 is 5.32 Å². The molecule has 3 unspecified atom stereocenters. The van der Waals surface area contributed by atoms with E-state index in [2.05, 4.69) is 37.4 Å². The summed E-state index contributed by atoms with van der Waals surface area (Å²) in [6.07, 6.45) is 5.98. The van der Waals surface area contributed by atoms with Gasteiger partial charge in [0.2, 0.25) is 0 Å². The number of hydrogen-bond donors (Lipinski definition) is 1. The van der Waals surface area contributed by atoms with Crippen LogP contribution in [0.2, 0.25) is 0 Å². The average molecular weight is 229 g/mol. The first-order valence-corrected chi connectivity index (χ1v) is 7.03. The molecule has 1 heteroatoms. The number of benzene rings is 1. The quantitative estimate of drug-likeness (QED) is 0.821. The summed E-state index contributed by atoms with van der Waals surface area (Å²) in [4.78, 5) is 0. The standard InChI is InChI=1S/C16H23N/c1-11-3-4-12(2)16(7-11)17-10-15-9-13-5-6-14(15)8-13/h3-4,7,13-15,17H,5-6,8-10H2,1-2H3. The average Bonchev–Trinajstić information content (AvgIpc) is 2.92. The van der Waals surface area contributed by atoms with E-state index in [1.54, 1.807) is 0 Å². The molecule has 2 saturated carbocycles. The van der Waals surface area contributed by atoms with Gasteiger partial charge in [0.15, 0.2) is 0 Å². The van der Waals surface area contributed by atoms with Crippen molar-refractivity contribution in [2.75, 3.05) is 11.9 Å². The van der Waals surface area contributed by atoms with Crippen LogP contribution in [0.5, 0.6) is 0 Å². The smallest absolute Gasteiger partial charge is 0.0372 e. The van der Waals surface area contributed by atoms with Crippen LogP contribution < -0.4 is 5.32 Å². The Bertz CT molecular complexity index is 410. The van der Waals surface area contributed by atoms with Crippen molar-refractivity contribution >= 4 is 5.69 Å². The van der Waals surface area contributed by atoms with Gasteiger partial charge in [-0.15, -0.1) is 0 Å². The van der Waals surface area contributed by atoms with E-state index in [0.717, 1.165) is 17.8 Å². The summed E-state index contributed by atoms with van der Waals surface area (Å²) in [5, 5.41) is 3.68. The fraction of sp³-hybridized carbons (Fsp3) is 0.625. The number of hydrogen-bond acceptors (Lipinski definition) is 1. The topological polar surface area (TPSA) is 12.0 Å². The van der Waals surface area contributed by atoms with E-state index >= 15 is 0 Å². The molecule has 0 heterocycles. The molecule has 2 aliphatic rings. The van der Waals surface area contributed by atoms with E-state index < -0.39 is 0 Å². The molecule has 17 heavy (non-hydrogen) atoms. The van der Waals surface area contributed by atoms with Crippen LogP contribution in [-0.4, -0.2) is 6.54 Å². The molecule has 1 aromatic rings. The third-order valence-electron chi connectivity index (χ3n) is 4.83. The van der Waals surface area contributed by atoms with Gasteiger partial charge >= 0.3 is 0 Å². The van der Waals surface area contributed by atoms with Crippen molar-refractivity contribution < 1.29 is 0 Å². The zero-order chi connectivity index (χ0) is 11.8. The van der Waals surface area contributed by atoms with Crippen LogP contribution in [0.1, 0.15) is 36.8 Å². The summed E-state index contributed by atoms with van der Waals surface area (Å²) in [5.41, 5.74) is 4.07. The molecular weight excluding hydrogens is 206 g/mol. The Hall–Kier alpha value is -0.980.